The number of hydrogen-bond acceptors (Lipinski definition) is 4. The molecule has 0 heterocycles. The lowest BCUT2D eigenvalue weighted by atomic mass is 10.1. The summed E-state index contributed by atoms with van der Waals surface area (Å²) in [5, 5.41) is 3.06. The molecule has 0 fully saturated rings. The molecule has 8 heteroatoms. The predicted octanol–water partition coefficient (Wildman–Crippen LogP) is 2.76. The van der Waals surface area contributed by atoms with Crippen molar-refractivity contribution in [1.29, 1.82) is 0 Å². The highest BCUT2D eigenvalue weighted by atomic mass is 35.5. The monoisotopic (exact) mass is 379 g/mol. The minimum Gasteiger partial charge on any atom is -0.497 e. The van der Waals surface area contributed by atoms with E-state index in [9.17, 15) is 9.59 Å². The van der Waals surface area contributed by atoms with E-state index in [4.69, 9.17) is 33.8 Å². The van der Waals surface area contributed by atoms with Crippen LogP contribution in [0.15, 0.2) is 48.2 Å². The van der Waals surface area contributed by atoms with Crippen LogP contribution >= 0.6 is 23.2 Å². The average molecular weight is 380 g/mol. The first-order chi connectivity index (χ1) is 11.9. The number of amides is 2. The number of ether oxygens (including phenoxy) is 1. The number of benzene rings is 2. The number of hydrazine groups is 1. The van der Waals surface area contributed by atoms with Crippen molar-refractivity contribution in [1.82, 2.24) is 10.7 Å². The molecule has 6 nitrogen and oxygen atoms in total. The van der Waals surface area contributed by atoms with Gasteiger partial charge in [0.25, 0.3) is 11.8 Å². The Bertz CT molecular complexity index is 820. The topological polar surface area (TPSA) is 93.4 Å². The largest absolute Gasteiger partial charge is 0.497 e. The van der Waals surface area contributed by atoms with Gasteiger partial charge in [-0.15, -0.1) is 0 Å². The van der Waals surface area contributed by atoms with Crippen LogP contribution in [-0.4, -0.2) is 18.9 Å². The number of carbonyl (C=O) groups is 2. The molecule has 0 saturated heterocycles. The lowest BCUT2D eigenvalue weighted by molar-refractivity contribution is -0.117. The van der Waals surface area contributed by atoms with Crippen LogP contribution in [0, 0.1) is 0 Å². The highest BCUT2D eigenvalue weighted by molar-refractivity contribution is 6.36. The third kappa shape index (κ3) is 4.96. The van der Waals surface area contributed by atoms with E-state index >= 15 is 0 Å². The van der Waals surface area contributed by atoms with Crippen LogP contribution < -0.4 is 21.3 Å². The minimum atomic E-state index is -0.658. The molecule has 0 aliphatic carbocycles. The van der Waals surface area contributed by atoms with E-state index in [1.54, 1.807) is 31.4 Å². The van der Waals surface area contributed by atoms with Crippen molar-refractivity contribution in [3.05, 3.63) is 69.3 Å². The van der Waals surface area contributed by atoms with Crippen molar-refractivity contribution < 1.29 is 14.3 Å². The number of methoxy groups -OCH3 is 1. The van der Waals surface area contributed by atoms with E-state index in [0.29, 0.717) is 16.3 Å². The highest BCUT2D eigenvalue weighted by Gasteiger charge is 2.16. The molecule has 2 aromatic rings. The fourth-order valence-corrected chi connectivity index (χ4v) is 2.46. The Kier molecular flexibility index (Phi) is 6.41. The van der Waals surface area contributed by atoms with Gasteiger partial charge >= 0.3 is 0 Å². The Balaban J connectivity index is 2.29. The van der Waals surface area contributed by atoms with Gasteiger partial charge in [-0.25, -0.2) is 5.84 Å². The fourth-order valence-electron chi connectivity index (χ4n) is 1.97. The number of nitrogens with two attached hydrogens (primary N) is 1. The number of nitrogens with one attached hydrogen (secondary N) is 2. The third-order valence-corrected chi connectivity index (χ3v) is 3.77. The number of halogens is 2. The highest BCUT2D eigenvalue weighted by Crippen LogP contribution is 2.21. The Morgan fingerprint density at radius 2 is 1.80 bits per heavy atom. The lowest BCUT2D eigenvalue weighted by Crippen LogP contribution is -2.38. The van der Waals surface area contributed by atoms with Crippen molar-refractivity contribution in [2.45, 2.75) is 0 Å². The van der Waals surface area contributed by atoms with E-state index in [0.717, 1.165) is 0 Å². The fraction of sp³-hybridized carbons (Fsp3) is 0.0588. The van der Waals surface area contributed by atoms with E-state index in [1.165, 1.54) is 24.3 Å². The van der Waals surface area contributed by atoms with Crippen LogP contribution in [0.2, 0.25) is 10.0 Å². The average Bonchev–Trinajstić information content (AvgIpc) is 2.60. The smallest absolute Gasteiger partial charge is 0.281 e. The zero-order chi connectivity index (χ0) is 18.4. The van der Waals surface area contributed by atoms with Crippen LogP contribution in [0.1, 0.15) is 15.9 Å². The van der Waals surface area contributed by atoms with Gasteiger partial charge in [0.1, 0.15) is 11.4 Å². The first kappa shape index (κ1) is 18.8. The molecule has 0 radical (unpaired) electrons. The quantitative estimate of drug-likeness (QED) is 0.322. The standard InChI is InChI=1S/C17H15Cl2N3O3/c1-25-12-5-2-10(3-6-12)8-15(17(24)22-20)21-16(23)13-7-4-11(18)9-14(13)19/h2-9H,20H2,1H3,(H,21,23)(H,22,24)/b15-8+. The second-order valence-corrected chi connectivity index (χ2v) is 5.73. The van der Waals surface area contributed by atoms with E-state index in [2.05, 4.69) is 5.32 Å². The maximum atomic E-state index is 12.4. The summed E-state index contributed by atoms with van der Waals surface area (Å²) in [4.78, 5) is 24.3. The number of hydrogen-bond donors (Lipinski definition) is 3. The van der Waals surface area contributed by atoms with Gasteiger partial charge in [0.15, 0.2) is 0 Å². The molecular formula is C17H15Cl2N3O3. The molecule has 0 bridgehead atoms. The second-order valence-electron chi connectivity index (χ2n) is 4.88. The van der Waals surface area contributed by atoms with Crippen molar-refractivity contribution in [3.63, 3.8) is 0 Å². The molecule has 0 unspecified atom stereocenters. The Morgan fingerprint density at radius 1 is 1.12 bits per heavy atom. The van der Waals surface area contributed by atoms with Gasteiger partial charge in [-0.05, 0) is 42.0 Å². The molecule has 4 N–H and O–H groups in total. The van der Waals surface area contributed by atoms with Crippen LogP contribution in [0.25, 0.3) is 6.08 Å². The zero-order valence-corrected chi connectivity index (χ0v) is 14.7. The first-order valence-electron chi connectivity index (χ1n) is 7.07. The van der Waals surface area contributed by atoms with Crippen molar-refractivity contribution in [2.24, 2.45) is 5.84 Å². The Labute approximate surface area is 154 Å². The van der Waals surface area contributed by atoms with Gasteiger partial charge in [0, 0.05) is 5.02 Å². The molecule has 0 spiro atoms. The predicted molar refractivity (Wildman–Crippen MR) is 97.2 cm³/mol. The molecule has 0 aromatic heterocycles. The summed E-state index contributed by atoms with van der Waals surface area (Å²) >= 11 is 11.8. The third-order valence-electron chi connectivity index (χ3n) is 3.23. The van der Waals surface area contributed by atoms with Gasteiger partial charge < -0.3 is 10.1 Å². The summed E-state index contributed by atoms with van der Waals surface area (Å²) in [5.41, 5.74) is 2.80. The van der Waals surface area contributed by atoms with Crippen LogP contribution in [0.5, 0.6) is 5.75 Å². The molecule has 0 aliphatic rings. The molecule has 0 aliphatic heterocycles. The SMILES string of the molecule is COc1ccc(/C=C(/NC(=O)c2ccc(Cl)cc2Cl)C(=O)NN)cc1. The summed E-state index contributed by atoms with van der Waals surface area (Å²) in [5.74, 6) is 4.62. The molecule has 2 amide bonds. The lowest BCUT2D eigenvalue weighted by Gasteiger charge is -2.10. The molecule has 0 atom stereocenters. The van der Waals surface area contributed by atoms with Gasteiger partial charge in [-0.2, -0.15) is 0 Å². The summed E-state index contributed by atoms with van der Waals surface area (Å²) < 4.78 is 5.07. The van der Waals surface area contributed by atoms with Gasteiger partial charge in [-0.1, -0.05) is 35.3 Å². The molecule has 0 saturated carbocycles. The Hall–Kier alpha value is -2.54. The molecule has 25 heavy (non-hydrogen) atoms. The maximum absolute atomic E-state index is 12.4. The van der Waals surface area contributed by atoms with Crippen molar-refractivity contribution in [2.75, 3.05) is 7.11 Å². The normalized spacial score (nSPS) is 11.0. The van der Waals surface area contributed by atoms with Crippen LogP contribution in [0.4, 0.5) is 0 Å². The number of carbonyl (C=O) groups excluding carboxylic acids is 2. The van der Waals surface area contributed by atoms with Crippen LogP contribution in [-0.2, 0) is 4.79 Å². The van der Waals surface area contributed by atoms with Gasteiger partial charge in [-0.3, -0.25) is 15.0 Å². The van der Waals surface area contributed by atoms with Gasteiger partial charge in [0.2, 0.25) is 0 Å². The molecule has 130 valence electrons. The minimum absolute atomic E-state index is 0.0383. The first-order valence-corrected chi connectivity index (χ1v) is 7.83. The molecule has 2 rings (SSSR count). The summed E-state index contributed by atoms with van der Waals surface area (Å²) in [6.45, 7) is 0. The second kappa shape index (κ2) is 8.53. The molecule has 2 aromatic carbocycles. The van der Waals surface area contributed by atoms with Crippen LogP contribution in [0.3, 0.4) is 0 Å². The van der Waals surface area contributed by atoms with E-state index in [1.807, 2.05) is 5.43 Å². The zero-order valence-electron chi connectivity index (χ0n) is 13.2. The van der Waals surface area contributed by atoms with Gasteiger partial charge in [0.05, 0.1) is 17.7 Å². The maximum Gasteiger partial charge on any atom is 0.281 e. The van der Waals surface area contributed by atoms with Crippen molar-refractivity contribution >= 4 is 41.1 Å². The number of rotatable bonds is 5. The van der Waals surface area contributed by atoms with Crippen molar-refractivity contribution in [3.8, 4) is 5.75 Å². The summed E-state index contributed by atoms with van der Waals surface area (Å²) in [6, 6.07) is 11.3. The van der Waals surface area contributed by atoms with E-state index in [-0.39, 0.29) is 16.3 Å². The van der Waals surface area contributed by atoms with E-state index < -0.39 is 11.8 Å². The summed E-state index contributed by atoms with van der Waals surface area (Å²) in [7, 11) is 1.55. The summed E-state index contributed by atoms with van der Waals surface area (Å²) in [6.07, 6.45) is 1.48. The molecular weight excluding hydrogens is 365 g/mol. The Morgan fingerprint density at radius 3 is 2.36 bits per heavy atom.